The molecule has 1 aromatic rings. The van der Waals surface area contributed by atoms with Gasteiger partial charge in [0.2, 0.25) is 0 Å². The predicted octanol–water partition coefficient (Wildman–Crippen LogP) is 1.16. The van der Waals surface area contributed by atoms with E-state index < -0.39 is 11.4 Å². The molecule has 0 amide bonds. The second kappa shape index (κ2) is 4.79. The maximum absolute atomic E-state index is 11.3. The predicted molar refractivity (Wildman–Crippen MR) is 62.3 cm³/mol. The van der Waals surface area contributed by atoms with Crippen molar-refractivity contribution >= 4 is 5.97 Å². The van der Waals surface area contributed by atoms with Crippen molar-refractivity contribution in [3.05, 3.63) is 24.3 Å². The molecule has 0 aliphatic carbocycles. The van der Waals surface area contributed by atoms with E-state index in [1.54, 1.807) is 6.20 Å². The van der Waals surface area contributed by atoms with Gasteiger partial charge in [0.25, 0.3) is 0 Å². The summed E-state index contributed by atoms with van der Waals surface area (Å²) in [5.41, 5.74) is 0.379. The Hall–Kier alpha value is -1.49. The van der Waals surface area contributed by atoms with E-state index in [1.165, 1.54) is 6.33 Å². The third kappa shape index (κ3) is 2.44. The van der Waals surface area contributed by atoms with Crippen LogP contribution in [-0.4, -0.2) is 39.0 Å². The molecule has 1 unspecified atom stereocenters. The minimum Gasteiger partial charge on any atom is -0.481 e. The summed E-state index contributed by atoms with van der Waals surface area (Å²) in [6, 6.07) is 1.87. The van der Waals surface area contributed by atoms with Crippen LogP contribution in [-0.2, 0) is 11.3 Å². The Morgan fingerprint density at radius 2 is 2.47 bits per heavy atom. The largest absolute Gasteiger partial charge is 0.481 e. The van der Waals surface area contributed by atoms with E-state index in [4.69, 9.17) is 0 Å². The average Bonchev–Trinajstić information content (AvgIpc) is 2.75. The molecule has 0 saturated carbocycles. The number of aromatic nitrogens is 2. The van der Waals surface area contributed by atoms with Crippen LogP contribution < -0.4 is 0 Å². The Morgan fingerprint density at radius 1 is 1.65 bits per heavy atom. The van der Waals surface area contributed by atoms with Crippen LogP contribution in [0.5, 0.6) is 0 Å². The number of hydrogen-bond donors (Lipinski definition) is 1. The Morgan fingerprint density at radius 3 is 3.00 bits per heavy atom. The Bertz CT molecular complexity index is 396. The standard InChI is InChI=1S/C12H17N3O2/c1-2-12(11(16)17)4-6-15(8-12)7-10-3-5-13-9-14-10/h3,5,9H,2,4,6-8H2,1H3,(H,16,17). The summed E-state index contributed by atoms with van der Waals surface area (Å²) < 4.78 is 0. The SMILES string of the molecule is CCC1(C(=O)O)CCN(Cc2ccncn2)C1. The molecule has 1 aliphatic heterocycles. The molecule has 0 aromatic carbocycles. The molecule has 92 valence electrons. The van der Waals surface area contributed by atoms with Crippen molar-refractivity contribution in [2.45, 2.75) is 26.3 Å². The Kier molecular flexibility index (Phi) is 3.38. The van der Waals surface area contributed by atoms with E-state index in [0.29, 0.717) is 19.5 Å². The highest BCUT2D eigenvalue weighted by atomic mass is 16.4. The van der Waals surface area contributed by atoms with Gasteiger partial charge >= 0.3 is 5.97 Å². The third-order valence-electron chi connectivity index (χ3n) is 3.59. The summed E-state index contributed by atoms with van der Waals surface area (Å²) in [5.74, 6) is -0.676. The summed E-state index contributed by atoms with van der Waals surface area (Å²) in [6.07, 6.45) is 4.64. The van der Waals surface area contributed by atoms with Gasteiger partial charge in [-0.15, -0.1) is 0 Å². The first-order chi connectivity index (χ1) is 8.16. The molecular weight excluding hydrogens is 218 g/mol. The summed E-state index contributed by atoms with van der Waals surface area (Å²) in [4.78, 5) is 21.5. The molecule has 1 saturated heterocycles. The lowest BCUT2D eigenvalue weighted by Crippen LogP contribution is -2.34. The van der Waals surface area contributed by atoms with Crippen LogP contribution in [0.1, 0.15) is 25.5 Å². The number of rotatable bonds is 4. The van der Waals surface area contributed by atoms with Gasteiger partial charge in [-0.1, -0.05) is 6.92 Å². The molecule has 0 spiro atoms. The van der Waals surface area contributed by atoms with Crippen molar-refractivity contribution < 1.29 is 9.90 Å². The highest BCUT2D eigenvalue weighted by Gasteiger charge is 2.43. The fourth-order valence-corrected chi connectivity index (χ4v) is 2.35. The van der Waals surface area contributed by atoms with Crippen molar-refractivity contribution in [3.63, 3.8) is 0 Å². The number of hydrogen-bond acceptors (Lipinski definition) is 4. The average molecular weight is 235 g/mol. The van der Waals surface area contributed by atoms with E-state index in [0.717, 1.165) is 18.7 Å². The lowest BCUT2D eigenvalue weighted by Gasteiger charge is -2.22. The Balaban J connectivity index is 2.01. The summed E-state index contributed by atoms with van der Waals surface area (Å²) in [5, 5.41) is 9.30. The van der Waals surface area contributed by atoms with Gasteiger partial charge in [-0.25, -0.2) is 9.97 Å². The monoisotopic (exact) mass is 235 g/mol. The van der Waals surface area contributed by atoms with Crippen molar-refractivity contribution in [2.75, 3.05) is 13.1 Å². The molecule has 17 heavy (non-hydrogen) atoms. The first-order valence-corrected chi connectivity index (χ1v) is 5.87. The number of carboxylic acid groups (broad SMARTS) is 1. The molecule has 1 N–H and O–H groups in total. The molecule has 5 heteroatoms. The first kappa shape index (κ1) is 12.0. The van der Waals surface area contributed by atoms with Gasteiger partial charge < -0.3 is 5.11 Å². The molecule has 2 heterocycles. The van der Waals surface area contributed by atoms with Gasteiger partial charge in [0.1, 0.15) is 6.33 Å². The van der Waals surface area contributed by atoms with Gasteiger partial charge in [0.15, 0.2) is 0 Å². The maximum atomic E-state index is 11.3. The quantitative estimate of drug-likeness (QED) is 0.848. The zero-order chi connectivity index (χ0) is 12.3. The van der Waals surface area contributed by atoms with E-state index in [-0.39, 0.29) is 0 Å². The number of nitrogens with zero attached hydrogens (tertiary/aromatic N) is 3. The van der Waals surface area contributed by atoms with Crippen molar-refractivity contribution in [3.8, 4) is 0 Å². The van der Waals surface area contributed by atoms with Crippen molar-refractivity contribution in [2.24, 2.45) is 5.41 Å². The second-order valence-electron chi connectivity index (χ2n) is 4.60. The van der Waals surface area contributed by atoms with Crippen LogP contribution in [0, 0.1) is 5.41 Å². The van der Waals surface area contributed by atoms with Crippen molar-refractivity contribution in [1.29, 1.82) is 0 Å². The minimum atomic E-state index is -0.676. The maximum Gasteiger partial charge on any atom is 0.310 e. The van der Waals surface area contributed by atoms with Crippen LogP contribution in [0.15, 0.2) is 18.6 Å². The lowest BCUT2D eigenvalue weighted by molar-refractivity contribution is -0.148. The highest BCUT2D eigenvalue weighted by molar-refractivity contribution is 5.75. The fraction of sp³-hybridized carbons (Fsp3) is 0.583. The molecule has 5 nitrogen and oxygen atoms in total. The lowest BCUT2D eigenvalue weighted by atomic mass is 9.84. The molecule has 1 fully saturated rings. The van der Waals surface area contributed by atoms with Gasteiger partial charge in [0.05, 0.1) is 11.1 Å². The number of carbonyl (C=O) groups is 1. The summed E-state index contributed by atoms with van der Waals surface area (Å²) in [6.45, 7) is 4.09. The highest BCUT2D eigenvalue weighted by Crippen LogP contribution is 2.34. The molecule has 1 aromatic heterocycles. The summed E-state index contributed by atoms with van der Waals surface area (Å²) >= 11 is 0. The number of aliphatic carboxylic acids is 1. The van der Waals surface area contributed by atoms with Gasteiger partial charge in [-0.3, -0.25) is 9.69 Å². The molecular formula is C12H17N3O2. The van der Waals surface area contributed by atoms with E-state index in [9.17, 15) is 9.90 Å². The molecule has 1 aliphatic rings. The van der Waals surface area contributed by atoms with Gasteiger partial charge in [0, 0.05) is 19.3 Å². The molecule has 1 atom stereocenters. The van der Waals surface area contributed by atoms with E-state index in [2.05, 4.69) is 14.9 Å². The van der Waals surface area contributed by atoms with Gasteiger partial charge in [-0.05, 0) is 25.5 Å². The molecule has 2 rings (SSSR count). The summed E-state index contributed by atoms with van der Waals surface area (Å²) in [7, 11) is 0. The smallest absolute Gasteiger partial charge is 0.310 e. The topological polar surface area (TPSA) is 66.3 Å². The zero-order valence-corrected chi connectivity index (χ0v) is 9.96. The van der Waals surface area contributed by atoms with E-state index >= 15 is 0 Å². The first-order valence-electron chi connectivity index (χ1n) is 5.87. The normalized spacial score (nSPS) is 25.0. The van der Waals surface area contributed by atoms with Crippen LogP contribution in [0.4, 0.5) is 0 Å². The third-order valence-corrected chi connectivity index (χ3v) is 3.59. The minimum absolute atomic E-state index is 0.562. The van der Waals surface area contributed by atoms with Crippen molar-refractivity contribution in [1.82, 2.24) is 14.9 Å². The van der Waals surface area contributed by atoms with Gasteiger partial charge in [-0.2, -0.15) is 0 Å². The molecule has 0 bridgehead atoms. The number of likely N-dealkylation sites (tertiary alicyclic amines) is 1. The second-order valence-corrected chi connectivity index (χ2v) is 4.60. The zero-order valence-electron chi connectivity index (χ0n) is 9.96. The van der Waals surface area contributed by atoms with Crippen LogP contribution in [0.25, 0.3) is 0 Å². The Labute approximate surface area is 100 Å². The number of carboxylic acids is 1. The van der Waals surface area contributed by atoms with Crippen LogP contribution in [0.3, 0.4) is 0 Å². The molecule has 0 radical (unpaired) electrons. The van der Waals surface area contributed by atoms with Crippen LogP contribution >= 0.6 is 0 Å². The van der Waals surface area contributed by atoms with E-state index in [1.807, 2.05) is 13.0 Å². The fourth-order valence-electron chi connectivity index (χ4n) is 2.35. The van der Waals surface area contributed by atoms with Crippen LogP contribution in [0.2, 0.25) is 0 Å².